The van der Waals surface area contributed by atoms with Crippen molar-refractivity contribution in [1.29, 1.82) is 0 Å². The van der Waals surface area contributed by atoms with Gasteiger partial charge in [0.15, 0.2) is 11.5 Å². The van der Waals surface area contributed by atoms with E-state index in [1.807, 2.05) is 43.4 Å². The standard InChI is InChI=1S/C36H36N2O5/c1-23(39)42-31-22-30(40)34-33-26(31)21-29-27-14-15-28(37(2)32(41)16-13-24-9-5-3-6-10-24)35(43-34)36(27,33)18-20-38(29)19-17-25-11-7-4-8-12-25/h3-12,22,27-29,35,40H,14-15,17-21H2,1-2H3/t27-,28-,29+,35-,36-/m0/s1. The van der Waals surface area contributed by atoms with E-state index in [0.29, 0.717) is 11.5 Å². The highest BCUT2D eigenvalue weighted by Crippen LogP contribution is 2.65. The molecule has 2 fully saturated rings. The van der Waals surface area contributed by atoms with Crippen molar-refractivity contribution in [3.05, 3.63) is 89.0 Å². The molecule has 220 valence electrons. The maximum Gasteiger partial charge on any atom is 0.308 e. The molecule has 4 aliphatic rings. The Bertz CT molecular complexity index is 1630. The molecule has 1 saturated carbocycles. The highest BCUT2D eigenvalue weighted by atomic mass is 16.5. The largest absolute Gasteiger partial charge is 0.504 e. The Hall–Kier alpha value is -4.28. The number of likely N-dealkylation sites (tertiary alicyclic amines) is 1. The van der Waals surface area contributed by atoms with Crippen LogP contribution in [0.4, 0.5) is 0 Å². The Morgan fingerprint density at radius 3 is 2.60 bits per heavy atom. The smallest absolute Gasteiger partial charge is 0.308 e. The van der Waals surface area contributed by atoms with Crippen LogP contribution in [0.25, 0.3) is 0 Å². The summed E-state index contributed by atoms with van der Waals surface area (Å²) in [5.41, 5.74) is 3.65. The van der Waals surface area contributed by atoms with Gasteiger partial charge < -0.3 is 19.5 Å². The van der Waals surface area contributed by atoms with Gasteiger partial charge in [0.1, 0.15) is 11.9 Å². The number of carbonyl (C=O) groups excluding carboxylic acids is 2. The van der Waals surface area contributed by atoms with E-state index in [2.05, 4.69) is 41.0 Å². The van der Waals surface area contributed by atoms with E-state index in [9.17, 15) is 14.7 Å². The predicted octanol–water partition coefficient (Wildman–Crippen LogP) is 4.48. The first-order valence-electron chi connectivity index (χ1n) is 15.2. The van der Waals surface area contributed by atoms with Crippen LogP contribution in [0, 0.1) is 17.8 Å². The van der Waals surface area contributed by atoms with Crippen LogP contribution < -0.4 is 9.47 Å². The van der Waals surface area contributed by atoms with Crippen molar-refractivity contribution in [2.45, 2.75) is 62.6 Å². The number of esters is 1. The third kappa shape index (κ3) is 4.56. The van der Waals surface area contributed by atoms with E-state index in [1.54, 1.807) is 4.90 Å². The maximum absolute atomic E-state index is 13.4. The normalized spacial score (nSPS) is 26.4. The minimum absolute atomic E-state index is 0.0147. The van der Waals surface area contributed by atoms with Crippen LogP contribution in [0.1, 0.15) is 48.4 Å². The predicted molar refractivity (Wildman–Crippen MR) is 162 cm³/mol. The van der Waals surface area contributed by atoms with Crippen LogP contribution in [0.3, 0.4) is 0 Å². The summed E-state index contributed by atoms with van der Waals surface area (Å²) in [4.78, 5) is 29.9. The fourth-order valence-electron chi connectivity index (χ4n) is 8.37. The zero-order chi connectivity index (χ0) is 29.7. The number of piperidine rings is 1. The number of likely N-dealkylation sites (N-methyl/N-ethyl adjacent to an activating group) is 1. The molecule has 0 radical (unpaired) electrons. The second-order valence-corrected chi connectivity index (χ2v) is 12.3. The van der Waals surface area contributed by atoms with Crippen molar-refractivity contribution in [3.63, 3.8) is 0 Å². The molecule has 1 saturated heterocycles. The topological polar surface area (TPSA) is 79.3 Å². The van der Waals surface area contributed by atoms with Crippen LogP contribution in [-0.2, 0) is 27.8 Å². The van der Waals surface area contributed by atoms with Gasteiger partial charge in [-0.3, -0.25) is 14.5 Å². The van der Waals surface area contributed by atoms with Crippen LogP contribution in [0.5, 0.6) is 17.2 Å². The number of nitrogens with zero attached hydrogens (tertiary/aromatic N) is 2. The van der Waals surface area contributed by atoms with Crippen molar-refractivity contribution in [1.82, 2.24) is 9.80 Å². The number of hydrogen-bond donors (Lipinski definition) is 1. The lowest BCUT2D eigenvalue weighted by molar-refractivity contribution is -0.135. The molecular weight excluding hydrogens is 540 g/mol. The molecule has 0 aromatic heterocycles. The lowest BCUT2D eigenvalue weighted by Crippen LogP contribution is -2.69. The molecule has 7 nitrogen and oxygen atoms in total. The molecule has 3 aromatic rings. The average Bonchev–Trinajstić information content (AvgIpc) is 3.36. The molecule has 2 heterocycles. The van der Waals surface area contributed by atoms with Gasteiger partial charge in [0.2, 0.25) is 0 Å². The molecule has 1 N–H and O–H groups in total. The quantitative estimate of drug-likeness (QED) is 0.274. The first-order chi connectivity index (χ1) is 20.9. The molecular formula is C36H36N2O5. The number of amides is 1. The van der Waals surface area contributed by atoms with E-state index in [4.69, 9.17) is 9.47 Å². The fraction of sp³-hybridized carbons (Fsp3) is 0.389. The van der Waals surface area contributed by atoms with Gasteiger partial charge in [-0.2, -0.15) is 0 Å². The van der Waals surface area contributed by atoms with Crippen LogP contribution in [-0.4, -0.2) is 65.1 Å². The first-order valence-corrected chi connectivity index (χ1v) is 15.2. The zero-order valence-corrected chi connectivity index (χ0v) is 24.6. The SMILES string of the molecule is CC(=O)Oc1cc(O)c2c3c1C[C@@H]1[C@@H]4CC[C@H](N(C)C(=O)C#Cc5ccccc5)[C@H](O2)[C@]34CCN1CCc1ccccc1. The summed E-state index contributed by atoms with van der Waals surface area (Å²) in [5.74, 6) is 6.35. The summed E-state index contributed by atoms with van der Waals surface area (Å²) >= 11 is 0. The van der Waals surface area contributed by atoms with Gasteiger partial charge in [0.05, 0.1) is 6.04 Å². The van der Waals surface area contributed by atoms with E-state index in [0.717, 1.165) is 61.9 Å². The number of carbonyl (C=O) groups is 2. The lowest BCUT2D eigenvalue weighted by Gasteiger charge is -2.60. The third-order valence-electron chi connectivity index (χ3n) is 10.2. The molecule has 2 bridgehead atoms. The van der Waals surface area contributed by atoms with E-state index in [-0.39, 0.29) is 35.8 Å². The van der Waals surface area contributed by atoms with Gasteiger partial charge in [0, 0.05) is 60.7 Å². The Kier molecular flexibility index (Phi) is 6.90. The molecule has 2 aliphatic carbocycles. The number of hydrogen-bond acceptors (Lipinski definition) is 6. The van der Waals surface area contributed by atoms with Crippen LogP contribution >= 0.6 is 0 Å². The summed E-state index contributed by atoms with van der Waals surface area (Å²) in [5, 5.41) is 11.2. The molecule has 1 amide bonds. The van der Waals surface area contributed by atoms with Crippen LogP contribution in [0.2, 0.25) is 0 Å². The third-order valence-corrected chi connectivity index (χ3v) is 10.2. The molecule has 0 unspecified atom stereocenters. The first kappa shape index (κ1) is 27.5. The second-order valence-electron chi connectivity index (χ2n) is 12.3. The Balaban J connectivity index is 1.25. The Labute approximate surface area is 252 Å². The summed E-state index contributed by atoms with van der Waals surface area (Å²) in [6.07, 6.45) is 3.91. The van der Waals surface area contributed by atoms with Crippen molar-refractivity contribution in [2.75, 3.05) is 20.1 Å². The number of phenolic OH excluding ortho intramolecular Hbond substituents is 1. The number of aromatic hydroxyl groups is 1. The molecule has 7 rings (SSSR count). The van der Waals surface area contributed by atoms with Crippen LogP contribution in [0.15, 0.2) is 66.7 Å². The fourth-order valence-corrected chi connectivity index (χ4v) is 8.37. The highest BCUT2D eigenvalue weighted by Gasteiger charge is 2.67. The number of rotatable bonds is 5. The van der Waals surface area contributed by atoms with Crippen molar-refractivity contribution >= 4 is 11.9 Å². The Morgan fingerprint density at radius 1 is 1.12 bits per heavy atom. The van der Waals surface area contributed by atoms with E-state index < -0.39 is 11.4 Å². The maximum atomic E-state index is 13.4. The monoisotopic (exact) mass is 576 g/mol. The summed E-state index contributed by atoms with van der Waals surface area (Å²) < 4.78 is 12.4. The molecule has 43 heavy (non-hydrogen) atoms. The molecule has 3 aromatic carbocycles. The number of benzene rings is 3. The molecule has 7 heteroatoms. The van der Waals surface area contributed by atoms with Gasteiger partial charge in [-0.05, 0) is 62.3 Å². The second kappa shape index (κ2) is 10.8. The number of ether oxygens (including phenoxy) is 2. The minimum atomic E-state index is -0.416. The van der Waals surface area contributed by atoms with Crippen molar-refractivity contribution in [2.24, 2.45) is 5.92 Å². The average molecular weight is 577 g/mol. The van der Waals surface area contributed by atoms with Gasteiger partial charge >= 0.3 is 5.97 Å². The minimum Gasteiger partial charge on any atom is -0.504 e. The summed E-state index contributed by atoms with van der Waals surface area (Å²) in [7, 11) is 1.82. The van der Waals surface area contributed by atoms with E-state index >= 15 is 0 Å². The van der Waals surface area contributed by atoms with Gasteiger partial charge in [0.25, 0.3) is 5.91 Å². The number of phenols is 1. The van der Waals surface area contributed by atoms with E-state index in [1.165, 1.54) is 18.6 Å². The van der Waals surface area contributed by atoms with Gasteiger partial charge in [-0.15, -0.1) is 0 Å². The Morgan fingerprint density at radius 2 is 1.86 bits per heavy atom. The summed E-state index contributed by atoms with van der Waals surface area (Å²) in [6.45, 7) is 3.22. The highest BCUT2D eigenvalue weighted by molar-refractivity contribution is 5.94. The summed E-state index contributed by atoms with van der Waals surface area (Å²) in [6, 6.07) is 21.6. The van der Waals surface area contributed by atoms with Crippen molar-refractivity contribution < 1.29 is 24.2 Å². The van der Waals surface area contributed by atoms with Gasteiger partial charge in [-0.25, -0.2) is 0 Å². The zero-order valence-electron chi connectivity index (χ0n) is 24.6. The molecule has 5 atom stereocenters. The lowest BCUT2D eigenvalue weighted by atomic mass is 9.50. The van der Waals surface area contributed by atoms with Gasteiger partial charge in [-0.1, -0.05) is 54.5 Å². The van der Waals surface area contributed by atoms with Crippen molar-refractivity contribution in [3.8, 4) is 29.1 Å². The molecule has 1 spiro atoms. The molecule has 2 aliphatic heterocycles.